The van der Waals surface area contributed by atoms with Crippen molar-refractivity contribution in [1.82, 2.24) is 19.9 Å². The van der Waals surface area contributed by atoms with Gasteiger partial charge in [-0.05, 0) is 56.3 Å². The highest BCUT2D eigenvalue weighted by molar-refractivity contribution is 7.99. The number of nitrogens with zero attached hydrogens (tertiary/aromatic N) is 5. The van der Waals surface area contributed by atoms with E-state index in [0.717, 1.165) is 72.7 Å². The van der Waals surface area contributed by atoms with Crippen molar-refractivity contribution in [3.05, 3.63) is 35.7 Å². The number of hydrogen-bond donors (Lipinski definition) is 1. The molecule has 3 aromatic rings. The van der Waals surface area contributed by atoms with Crippen LogP contribution in [0.3, 0.4) is 0 Å². The summed E-state index contributed by atoms with van der Waals surface area (Å²) in [5.74, 6) is 2.39. The number of rotatable bonds is 5. The second-order valence-corrected chi connectivity index (χ2v) is 12.6. The largest absolute Gasteiger partial charge is 0.483 e. The fourth-order valence-corrected chi connectivity index (χ4v) is 7.81. The summed E-state index contributed by atoms with van der Waals surface area (Å²) in [6.07, 6.45) is 2.33. The molecule has 38 heavy (non-hydrogen) atoms. The zero-order valence-electron chi connectivity index (χ0n) is 20.8. The summed E-state index contributed by atoms with van der Waals surface area (Å²) in [6, 6.07) is 4.95. The van der Waals surface area contributed by atoms with Crippen molar-refractivity contribution in [3.63, 3.8) is 0 Å². The Balaban J connectivity index is 1.21. The van der Waals surface area contributed by atoms with Crippen LogP contribution in [-0.4, -0.2) is 64.4 Å². The molecule has 12 heteroatoms. The zero-order valence-corrected chi connectivity index (χ0v) is 22.4. The molecule has 3 aliphatic heterocycles. The maximum absolute atomic E-state index is 13.9. The molecule has 2 saturated heterocycles. The SMILES string of the molecule is CN1CC2CC1CN2c1cc(C2CC2)c(Nc2ncc(C(F)(F)F)c(-c3cc4c(s3)OCCCS4)n2)cn1. The number of alkyl halides is 3. The van der Waals surface area contributed by atoms with Crippen LogP contribution in [0.4, 0.5) is 30.6 Å². The number of aromatic nitrogens is 3. The van der Waals surface area contributed by atoms with Crippen LogP contribution in [0, 0.1) is 0 Å². The molecule has 6 heterocycles. The number of pyridine rings is 1. The molecule has 0 spiro atoms. The number of fused-ring (bicyclic) bond motifs is 3. The molecule has 0 aromatic carbocycles. The number of likely N-dealkylation sites (N-methyl/N-ethyl adjacent to an activating group) is 1. The molecule has 7 rings (SSSR count). The Morgan fingerprint density at radius 2 is 1.97 bits per heavy atom. The number of nitrogens with one attached hydrogen (secondary N) is 1. The lowest BCUT2D eigenvalue weighted by Gasteiger charge is -2.33. The molecule has 200 valence electrons. The molecule has 3 aromatic heterocycles. The summed E-state index contributed by atoms with van der Waals surface area (Å²) in [4.78, 5) is 19.3. The van der Waals surface area contributed by atoms with Gasteiger partial charge in [-0.15, -0.1) is 11.8 Å². The van der Waals surface area contributed by atoms with E-state index in [0.29, 0.717) is 34.5 Å². The molecule has 2 atom stereocenters. The van der Waals surface area contributed by atoms with Crippen molar-refractivity contribution >= 4 is 40.6 Å². The standard InChI is InChI=1S/C26H27F3N6OS2/c1-34-12-16-7-15(34)13-35(16)22-8-17(14-3-4-14)19(11-30-22)32-25-31-10-18(26(27,28)29)23(33-25)20-9-21-24(38-20)36-5-2-6-37-21/h8-11,14-16H,2-7,12-13H2,1H3,(H,31,32,33). The van der Waals surface area contributed by atoms with Crippen molar-refractivity contribution in [3.8, 4) is 15.6 Å². The fraction of sp³-hybridized carbons (Fsp3) is 0.500. The van der Waals surface area contributed by atoms with Crippen LogP contribution in [0.15, 0.2) is 29.4 Å². The highest BCUT2D eigenvalue weighted by Gasteiger charge is 2.42. The fourth-order valence-electron chi connectivity index (χ4n) is 5.64. The van der Waals surface area contributed by atoms with Gasteiger partial charge in [-0.3, -0.25) is 4.90 Å². The van der Waals surface area contributed by atoms with E-state index in [1.807, 2.05) is 0 Å². The molecular weight excluding hydrogens is 533 g/mol. The molecule has 3 fully saturated rings. The Hall–Kier alpha value is -2.57. The van der Waals surface area contributed by atoms with Crippen LogP contribution in [0.1, 0.15) is 42.7 Å². The predicted molar refractivity (Wildman–Crippen MR) is 143 cm³/mol. The highest BCUT2D eigenvalue weighted by Crippen LogP contribution is 2.48. The minimum absolute atomic E-state index is 0.128. The number of piperazine rings is 1. The van der Waals surface area contributed by atoms with Crippen LogP contribution in [0.25, 0.3) is 10.6 Å². The first-order chi connectivity index (χ1) is 18.3. The van der Waals surface area contributed by atoms with Gasteiger partial charge in [-0.1, -0.05) is 11.3 Å². The normalized spacial score (nSPS) is 23.3. The summed E-state index contributed by atoms with van der Waals surface area (Å²) in [6.45, 7) is 2.58. The van der Waals surface area contributed by atoms with E-state index < -0.39 is 11.7 Å². The number of anilines is 3. The summed E-state index contributed by atoms with van der Waals surface area (Å²) in [5.41, 5.74) is 0.898. The second-order valence-electron chi connectivity index (χ2n) is 10.4. The van der Waals surface area contributed by atoms with Crippen LogP contribution in [0.5, 0.6) is 5.06 Å². The maximum Gasteiger partial charge on any atom is 0.420 e. The quantitative estimate of drug-likeness (QED) is 0.407. The van der Waals surface area contributed by atoms with Crippen molar-refractivity contribution in [2.75, 3.05) is 42.7 Å². The molecular formula is C26H27F3N6OS2. The van der Waals surface area contributed by atoms with E-state index in [9.17, 15) is 13.2 Å². The lowest BCUT2D eigenvalue weighted by atomic mass is 10.1. The molecule has 2 bridgehead atoms. The van der Waals surface area contributed by atoms with E-state index in [4.69, 9.17) is 9.72 Å². The van der Waals surface area contributed by atoms with Crippen LogP contribution >= 0.6 is 23.1 Å². The molecule has 0 radical (unpaired) electrons. The van der Waals surface area contributed by atoms with Crippen molar-refractivity contribution in [2.45, 2.75) is 54.8 Å². The Labute approximate surface area is 226 Å². The van der Waals surface area contributed by atoms with E-state index in [1.54, 1.807) is 24.0 Å². The third kappa shape index (κ3) is 4.50. The van der Waals surface area contributed by atoms with Crippen LogP contribution in [-0.2, 0) is 6.18 Å². The minimum Gasteiger partial charge on any atom is -0.483 e. The van der Waals surface area contributed by atoms with E-state index in [2.05, 4.69) is 38.2 Å². The van der Waals surface area contributed by atoms with Gasteiger partial charge in [0, 0.05) is 37.1 Å². The third-order valence-electron chi connectivity index (χ3n) is 7.77. The maximum atomic E-state index is 13.9. The van der Waals surface area contributed by atoms with Gasteiger partial charge in [-0.2, -0.15) is 13.2 Å². The average Bonchev–Trinajstić information content (AvgIpc) is 3.47. The van der Waals surface area contributed by atoms with Crippen molar-refractivity contribution < 1.29 is 17.9 Å². The summed E-state index contributed by atoms with van der Waals surface area (Å²) < 4.78 is 47.6. The molecule has 1 N–H and O–H groups in total. The molecule has 4 aliphatic rings. The Bertz CT molecular complexity index is 1350. The molecule has 2 unspecified atom stereocenters. The number of likely N-dealkylation sites (tertiary alicyclic amines) is 1. The van der Waals surface area contributed by atoms with Crippen LogP contribution < -0.4 is 15.0 Å². The van der Waals surface area contributed by atoms with E-state index in [-0.39, 0.29) is 11.6 Å². The topological polar surface area (TPSA) is 66.4 Å². The van der Waals surface area contributed by atoms with Crippen LogP contribution in [0.2, 0.25) is 0 Å². The van der Waals surface area contributed by atoms with Gasteiger partial charge >= 0.3 is 6.18 Å². The van der Waals surface area contributed by atoms with Gasteiger partial charge in [0.05, 0.1) is 34.0 Å². The van der Waals surface area contributed by atoms with Crippen molar-refractivity contribution in [1.29, 1.82) is 0 Å². The summed E-state index contributed by atoms with van der Waals surface area (Å²) in [7, 11) is 2.18. The predicted octanol–water partition coefficient (Wildman–Crippen LogP) is 6.01. The number of hydrogen-bond acceptors (Lipinski definition) is 9. The molecule has 7 nitrogen and oxygen atoms in total. The van der Waals surface area contributed by atoms with Gasteiger partial charge in [0.25, 0.3) is 0 Å². The third-order valence-corrected chi connectivity index (χ3v) is 10.1. The highest BCUT2D eigenvalue weighted by atomic mass is 32.2. The molecule has 1 saturated carbocycles. The first kappa shape index (κ1) is 24.5. The number of halogens is 3. The molecule has 0 amide bonds. The number of ether oxygens (including phenoxy) is 1. The van der Waals surface area contributed by atoms with E-state index >= 15 is 0 Å². The van der Waals surface area contributed by atoms with Gasteiger partial charge in [-0.25, -0.2) is 15.0 Å². The molecule has 1 aliphatic carbocycles. The smallest absolute Gasteiger partial charge is 0.420 e. The lowest BCUT2D eigenvalue weighted by molar-refractivity contribution is -0.137. The number of thioether (sulfide) groups is 1. The average molecular weight is 561 g/mol. The first-order valence-electron chi connectivity index (χ1n) is 12.9. The number of thiophene rings is 1. The monoisotopic (exact) mass is 560 g/mol. The lowest BCUT2D eigenvalue weighted by Crippen LogP contribution is -2.44. The van der Waals surface area contributed by atoms with Crippen molar-refractivity contribution in [2.24, 2.45) is 0 Å². The van der Waals surface area contributed by atoms with E-state index in [1.165, 1.54) is 11.3 Å². The Morgan fingerprint density at radius 3 is 2.71 bits per heavy atom. The minimum atomic E-state index is -4.57. The Morgan fingerprint density at radius 1 is 1.11 bits per heavy atom. The first-order valence-corrected chi connectivity index (χ1v) is 14.7. The summed E-state index contributed by atoms with van der Waals surface area (Å²) >= 11 is 2.81. The summed E-state index contributed by atoms with van der Waals surface area (Å²) in [5, 5.41) is 3.86. The van der Waals surface area contributed by atoms with Gasteiger partial charge < -0.3 is 15.0 Å². The van der Waals surface area contributed by atoms with Gasteiger partial charge in [0.15, 0.2) is 5.06 Å². The zero-order chi connectivity index (χ0) is 26.0. The second kappa shape index (κ2) is 9.27. The Kier molecular flexibility index (Phi) is 5.97. The van der Waals surface area contributed by atoms with Gasteiger partial charge in [0.1, 0.15) is 11.4 Å². The van der Waals surface area contributed by atoms with Gasteiger partial charge in [0.2, 0.25) is 5.95 Å².